The van der Waals surface area contributed by atoms with Crippen LogP contribution in [0.5, 0.6) is 5.75 Å². The van der Waals surface area contributed by atoms with Gasteiger partial charge in [-0.25, -0.2) is 0 Å². The lowest BCUT2D eigenvalue weighted by Gasteiger charge is -2.24. The zero-order valence-corrected chi connectivity index (χ0v) is 19.5. The highest BCUT2D eigenvalue weighted by atomic mass is 28.4. The van der Waals surface area contributed by atoms with Crippen molar-refractivity contribution >= 4 is 8.56 Å². The molecule has 0 bridgehead atoms. The Kier molecular flexibility index (Phi) is 13.6. The first-order valence-electron chi connectivity index (χ1n) is 11.5. The Morgan fingerprint density at radius 2 is 1.30 bits per heavy atom. The maximum Gasteiger partial charge on any atom is 0.392 e. The topological polar surface area (TPSA) is 18.5 Å². The van der Waals surface area contributed by atoms with Gasteiger partial charge in [-0.2, -0.15) is 0 Å². The Hall–Kier alpha value is -0.803. The van der Waals surface area contributed by atoms with Gasteiger partial charge in [0.2, 0.25) is 0 Å². The molecule has 0 heterocycles. The molecule has 1 rings (SSSR count). The summed E-state index contributed by atoms with van der Waals surface area (Å²) in [6, 6.07) is 8.40. The highest BCUT2D eigenvalue weighted by Gasteiger charge is 2.26. The average Bonchev–Trinajstić information content (AvgIpc) is 2.65. The molecule has 0 fully saturated rings. The first kappa shape index (κ1) is 24.2. The van der Waals surface area contributed by atoms with Gasteiger partial charge in [0.15, 0.2) is 0 Å². The van der Waals surface area contributed by atoms with Crippen LogP contribution >= 0.6 is 0 Å². The summed E-state index contributed by atoms with van der Waals surface area (Å²) in [6.45, 7) is 9.58. The van der Waals surface area contributed by atoms with E-state index in [1.54, 1.807) is 0 Å². The van der Waals surface area contributed by atoms with E-state index in [0.29, 0.717) is 0 Å². The molecule has 0 aliphatic heterocycles. The van der Waals surface area contributed by atoms with Crippen LogP contribution in [0.15, 0.2) is 24.3 Å². The maximum absolute atomic E-state index is 6.17. The molecule has 0 aromatic heterocycles. The Morgan fingerprint density at radius 1 is 0.741 bits per heavy atom. The molecule has 0 saturated heterocycles. The molecule has 0 radical (unpaired) electrons. The van der Waals surface area contributed by atoms with Crippen LogP contribution in [0.4, 0.5) is 0 Å². The minimum atomic E-state index is -2.08. The maximum atomic E-state index is 6.17. The number of hydrogen-bond acceptors (Lipinski definition) is 2. The van der Waals surface area contributed by atoms with Crippen molar-refractivity contribution < 1.29 is 8.85 Å². The van der Waals surface area contributed by atoms with Gasteiger partial charge in [-0.05, 0) is 43.6 Å². The van der Waals surface area contributed by atoms with Crippen LogP contribution in [0.3, 0.4) is 0 Å². The molecular weight excluding hydrogens is 348 g/mol. The normalized spacial score (nSPS) is 11.7. The summed E-state index contributed by atoms with van der Waals surface area (Å²) in [5.41, 5.74) is 1.32. The molecule has 3 heteroatoms. The molecule has 0 aliphatic rings. The monoisotopic (exact) mass is 392 g/mol. The van der Waals surface area contributed by atoms with E-state index in [4.69, 9.17) is 8.85 Å². The molecule has 0 N–H and O–H groups in total. The van der Waals surface area contributed by atoms with E-state index in [9.17, 15) is 0 Å². The molecule has 1 aromatic rings. The zero-order valence-electron chi connectivity index (χ0n) is 18.5. The van der Waals surface area contributed by atoms with Crippen molar-refractivity contribution in [1.82, 2.24) is 0 Å². The van der Waals surface area contributed by atoms with Crippen molar-refractivity contribution in [3.63, 3.8) is 0 Å². The summed E-state index contributed by atoms with van der Waals surface area (Å²) in [4.78, 5) is 0. The molecule has 0 unspecified atom stereocenters. The van der Waals surface area contributed by atoms with Gasteiger partial charge in [0.1, 0.15) is 5.75 Å². The lowest BCUT2D eigenvalue weighted by atomic mass is 10.1. The molecule has 1 aromatic carbocycles. The van der Waals surface area contributed by atoms with Crippen LogP contribution in [-0.4, -0.2) is 15.2 Å². The second kappa shape index (κ2) is 15.2. The SMILES string of the molecule is CCCCCCCCCCCCCCO[Si](C)(C)Oc1cccc(CC)c1. The van der Waals surface area contributed by atoms with E-state index in [2.05, 4.69) is 45.1 Å². The molecule has 0 spiro atoms. The molecule has 0 aliphatic carbocycles. The third kappa shape index (κ3) is 13.1. The summed E-state index contributed by atoms with van der Waals surface area (Å²) >= 11 is 0. The van der Waals surface area contributed by atoms with E-state index in [0.717, 1.165) is 25.2 Å². The minimum absolute atomic E-state index is 0.837. The highest BCUT2D eigenvalue weighted by Crippen LogP contribution is 2.19. The molecule has 156 valence electrons. The third-order valence-electron chi connectivity index (χ3n) is 5.12. The van der Waals surface area contributed by atoms with E-state index >= 15 is 0 Å². The van der Waals surface area contributed by atoms with Gasteiger partial charge in [0, 0.05) is 6.61 Å². The number of unbranched alkanes of at least 4 members (excludes halogenated alkanes) is 11. The van der Waals surface area contributed by atoms with Crippen molar-refractivity contribution in [2.45, 2.75) is 110 Å². The van der Waals surface area contributed by atoms with Gasteiger partial charge >= 0.3 is 8.56 Å². The Labute approximate surface area is 170 Å². The van der Waals surface area contributed by atoms with Crippen LogP contribution < -0.4 is 4.43 Å². The molecular formula is C24H44O2Si. The highest BCUT2D eigenvalue weighted by molar-refractivity contribution is 6.65. The molecule has 2 nitrogen and oxygen atoms in total. The van der Waals surface area contributed by atoms with Crippen LogP contribution in [0.1, 0.15) is 96.5 Å². The number of rotatable bonds is 17. The van der Waals surface area contributed by atoms with Crippen LogP contribution in [-0.2, 0) is 10.8 Å². The third-order valence-corrected chi connectivity index (χ3v) is 6.74. The molecule has 0 atom stereocenters. The molecule has 0 saturated carbocycles. The minimum Gasteiger partial charge on any atom is -0.520 e. The van der Waals surface area contributed by atoms with Crippen molar-refractivity contribution in [2.75, 3.05) is 6.61 Å². The smallest absolute Gasteiger partial charge is 0.392 e. The van der Waals surface area contributed by atoms with E-state index in [1.807, 2.05) is 6.07 Å². The Bertz CT molecular complexity index is 473. The predicted octanol–water partition coefficient (Wildman–Crippen LogP) is 8.05. The fraction of sp³-hybridized carbons (Fsp3) is 0.750. The quantitative estimate of drug-likeness (QED) is 0.197. The standard InChI is InChI=1S/C24H44O2Si/c1-5-7-8-9-10-11-12-13-14-15-16-17-21-25-27(3,4)26-24-20-18-19-23(6-2)22-24/h18-20,22H,5-17,21H2,1-4H3. The second-order valence-electron chi connectivity index (χ2n) is 8.24. The van der Waals surface area contributed by atoms with Crippen molar-refractivity contribution in [3.05, 3.63) is 29.8 Å². The van der Waals surface area contributed by atoms with Crippen LogP contribution in [0, 0.1) is 0 Å². The van der Waals surface area contributed by atoms with Gasteiger partial charge in [0.25, 0.3) is 0 Å². The lowest BCUT2D eigenvalue weighted by molar-refractivity contribution is 0.240. The number of aryl methyl sites for hydroxylation is 1. The van der Waals surface area contributed by atoms with Gasteiger partial charge in [-0.3, -0.25) is 0 Å². The average molecular weight is 393 g/mol. The van der Waals surface area contributed by atoms with Crippen LogP contribution in [0.25, 0.3) is 0 Å². The van der Waals surface area contributed by atoms with Gasteiger partial charge < -0.3 is 8.85 Å². The van der Waals surface area contributed by atoms with Crippen molar-refractivity contribution in [3.8, 4) is 5.75 Å². The zero-order chi connectivity index (χ0) is 19.8. The van der Waals surface area contributed by atoms with E-state index in [1.165, 1.54) is 76.2 Å². The largest absolute Gasteiger partial charge is 0.520 e. The predicted molar refractivity (Wildman–Crippen MR) is 121 cm³/mol. The summed E-state index contributed by atoms with van der Waals surface area (Å²) in [7, 11) is -2.08. The summed E-state index contributed by atoms with van der Waals surface area (Å²) < 4.78 is 12.3. The summed E-state index contributed by atoms with van der Waals surface area (Å²) in [5.74, 6) is 0.959. The van der Waals surface area contributed by atoms with Gasteiger partial charge in [0.05, 0.1) is 0 Å². The first-order chi connectivity index (χ1) is 13.1. The van der Waals surface area contributed by atoms with Gasteiger partial charge in [-0.1, -0.05) is 96.6 Å². The van der Waals surface area contributed by atoms with Crippen LogP contribution in [0.2, 0.25) is 13.1 Å². The van der Waals surface area contributed by atoms with Gasteiger partial charge in [-0.15, -0.1) is 0 Å². The number of benzene rings is 1. The number of hydrogen-bond donors (Lipinski definition) is 0. The Morgan fingerprint density at radius 3 is 1.85 bits per heavy atom. The first-order valence-corrected chi connectivity index (χ1v) is 14.3. The summed E-state index contributed by atoms with van der Waals surface area (Å²) in [5, 5.41) is 0. The Balaban J connectivity index is 1.99. The lowest BCUT2D eigenvalue weighted by Crippen LogP contribution is -2.38. The second-order valence-corrected chi connectivity index (χ2v) is 11.5. The fourth-order valence-electron chi connectivity index (χ4n) is 3.40. The van der Waals surface area contributed by atoms with E-state index < -0.39 is 8.56 Å². The van der Waals surface area contributed by atoms with Crippen molar-refractivity contribution in [2.24, 2.45) is 0 Å². The molecule has 27 heavy (non-hydrogen) atoms. The summed E-state index contributed by atoms with van der Waals surface area (Å²) in [6.07, 6.45) is 17.6. The molecule has 0 amide bonds. The fourth-order valence-corrected chi connectivity index (χ4v) is 4.79. The van der Waals surface area contributed by atoms with E-state index in [-0.39, 0.29) is 0 Å². The van der Waals surface area contributed by atoms with Crippen molar-refractivity contribution in [1.29, 1.82) is 0 Å².